The van der Waals surface area contributed by atoms with Gasteiger partial charge in [0.15, 0.2) is 0 Å². The summed E-state index contributed by atoms with van der Waals surface area (Å²) in [6.07, 6.45) is -0.540. The normalized spacial score (nSPS) is 24.5. The van der Waals surface area contributed by atoms with E-state index in [9.17, 15) is 9.59 Å². The van der Waals surface area contributed by atoms with Gasteiger partial charge in [-0.3, -0.25) is 4.90 Å². The molecule has 1 N–H and O–H groups in total. The van der Waals surface area contributed by atoms with Crippen molar-refractivity contribution in [3.05, 3.63) is 0 Å². The van der Waals surface area contributed by atoms with E-state index < -0.39 is 23.7 Å². The molecule has 1 saturated heterocycles. The highest BCUT2D eigenvalue weighted by Crippen LogP contribution is 2.32. The number of amides is 1. The van der Waals surface area contributed by atoms with E-state index in [-0.39, 0.29) is 11.8 Å². The molecule has 0 bridgehead atoms. The zero-order valence-corrected chi connectivity index (χ0v) is 11.1. The molecule has 0 radical (unpaired) electrons. The highest BCUT2D eigenvalue weighted by atomic mass is 16.6. The van der Waals surface area contributed by atoms with Crippen molar-refractivity contribution >= 4 is 12.1 Å². The molecule has 0 aromatic carbocycles. The molecule has 1 heterocycles. The van der Waals surface area contributed by atoms with Gasteiger partial charge in [0.2, 0.25) is 0 Å². The van der Waals surface area contributed by atoms with Crippen molar-refractivity contribution in [1.82, 2.24) is 4.90 Å². The van der Waals surface area contributed by atoms with Crippen molar-refractivity contribution in [3.63, 3.8) is 0 Å². The molecule has 98 valence electrons. The lowest BCUT2D eigenvalue weighted by molar-refractivity contribution is -0.154. The molecule has 1 aliphatic rings. The van der Waals surface area contributed by atoms with Crippen LogP contribution in [-0.2, 0) is 9.53 Å². The first-order valence-electron chi connectivity index (χ1n) is 5.86. The van der Waals surface area contributed by atoms with Crippen LogP contribution >= 0.6 is 0 Å². The largest absolute Gasteiger partial charge is 0.480 e. The second-order valence-electron chi connectivity index (χ2n) is 5.82. The number of hydrogen-bond donors (Lipinski definition) is 1. The molecular formula is C12H21NO4. The van der Waals surface area contributed by atoms with E-state index >= 15 is 0 Å². The number of likely N-dealkylation sites (tertiary alicyclic amines) is 1. The monoisotopic (exact) mass is 243 g/mol. The average molecular weight is 243 g/mol. The number of carboxylic acids is 1. The summed E-state index contributed by atoms with van der Waals surface area (Å²) in [4.78, 5) is 24.2. The predicted octanol–water partition coefficient (Wildman–Crippen LogP) is 1.96. The van der Waals surface area contributed by atoms with Gasteiger partial charge in [0.05, 0.1) is 0 Å². The maximum Gasteiger partial charge on any atom is 0.411 e. The number of hydrogen-bond acceptors (Lipinski definition) is 3. The molecule has 17 heavy (non-hydrogen) atoms. The number of carbonyl (C=O) groups is 2. The number of aliphatic carboxylic acids is 1. The molecule has 1 aliphatic heterocycles. The van der Waals surface area contributed by atoms with Crippen molar-refractivity contribution in [2.24, 2.45) is 11.8 Å². The minimum absolute atomic E-state index is 0.0139. The van der Waals surface area contributed by atoms with Gasteiger partial charge in [-0.25, -0.2) is 9.59 Å². The Kier molecular flexibility index (Phi) is 3.69. The summed E-state index contributed by atoms with van der Waals surface area (Å²) in [7, 11) is 0. The van der Waals surface area contributed by atoms with Crippen LogP contribution in [-0.4, -0.2) is 40.3 Å². The summed E-state index contributed by atoms with van der Waals surface area (Å²) >= 11 is 0. The van der Waals surface area contributed by atoms with Crippen LogP contribution < -0.4 is 0 Å². The third-order valence-electron chi connectivity index (χ3n) is 2.89. The highest BCUT2D eigenvalue weighted by molar-refractivity contribution is 5.82. The maximum atomic E-state index is 11.8. The smallest absolute Gasteiger partial charge is 0.411 e. The fraction of sp³-hybridized carbons (Fsp3) is 0.833. The highest BCUT2D eigenvalue weighted by Gasteiger charge is 2.49. The summed E-state index contributed by atoms with van der Waals surface area (Å²) in [6.45, 7) is 9.69. The van der Waals surface area contributed by atoms with Crippen LogP contribution in [0.4, 0.5) is 4.79 Å². The second-order valence-corrected chi connectivity index (χ2v) is 5.82. The molecule has 5 heteroatoms. The van der Waals surface area contributed by atoms with Crippen molar-refractivity contribution in [2.75, 3.05) is 6.54 Å². The van der Waals surface area contributed by atoms with Crippen molar-refractivity contribution in [1.29, 1.82) is 0 Å². The van der Waals surface area contributed by atoms with E-state index in [1.165, 1.54) is 4.90 Å². The lowest BCUT2D eigenvalue weighted by Gasteiger charge is -2.47. The Morgan fingerprint density at radius 2 is 1.88 bits per heavy atom. The molecule has 1 amide bonds. The molecule has 1 rings (SSSR count). The lowest BCUT2D eigenvalue weighted by Crippen LogP contribution is -2.64. The molecular weight excluding hydrogens is 222 g/mol. The van der Waals surface area contributed by atoms with Crippen LogP contribution in [0.2, 0.25) is 0 Å². The van der Waals surface area contributed by atoms with Gasteiger partial charge in [-0.05, 0) is 26.7 Å². The number of rotatable bonds is 2. The average Bonchev–Trinajstić information content (AvgIpc) is 1.94. The fourth-order valence-electron chi connectivity index (χ4n) is 1.93. The first-order chi connectivity index (χ1) is 7.63. The first-order valence-corrected chi connectivity index (χ1v) is 5.86. The third kappa shape index (κ3) is 3.11. The van der Waals surface area contributed by atoms with Crippen molar-refractivity contribution < 1.29 is 19.4 Å². The Balaban J connectivity index is 2.68. The molecule has 0 aliphatic carbocycles. The molecule has 0 aromatic rings. The Labute approximate surface area is 102 Å². The maximum absolute atomic E-state index is 11.8. The third-order valence-corrected chi connectivity index (χ3v) is 2.89. The molecule has 5 nitrogen and oxygen atoms in total. The standard InChI is InChI=1S/C12H21NO4/c1-7(2)8-6-13(9(8)10(14)15)11(16)17-12(3,4)5/h7-9H,6H2,1-5H3,(H,14,15)/t8-,9-/m0/s1. The summed E-state index contributed by atoms with van der Waals surface area (Å²) < 4.78 is 5.17. The summed E-state index contributed by atoms with van der Waals surface area (Å²) in [5.74, 6) is -0.699. The van der Waals surface area contributed by atoms with Crippen LogP contribution in [0.5, 0.6) is 0 Å². The van der Waals surface area contributed by atoms with E-state index in [1.54, 1.807) is 20.8 Å². The minimum atomic E-state index is -0.958. The van der Waals surface area contributed by atoms with Crippen LogP contribution in [0.15, 0.2) is 0 Å². The van der Waals surface area contributed by atoms with Crippen LogP contribution in [0, 0.1) is 11.8 Å². The summed E-state index contributed by atoms with van der Waals surface area (Å²) in [5, 5.41) is 9.12. The molecule has 1 fully saturated rings. The SMILES string of the molecule is CC(C)[C@@H]1CN(C(=O)OC(C)(C)C)[C@@H]1C(=O)O. The zero-order chi connectivity index (χ0) is 13.4. The van der Waals surface area contributed by atoms with Gasteiger partial charge in [-0.2, -0.15) is 0 Å². The van der Waals surface area contributed by atoms with Gasteiger partial charge in [0, 0.05) is 12.5 Å². The van der Waals surface area contributed by atoms with Crippen molar-refractivity contribution in [3.8, 4) is 0 Å². The molecule has 0 unspecified atom stereocenters. The zero-order valence-electron chi connectivity index (χ0n) is 11.1. The molecule has 0 saturated carbocycles. The van der Waals surface area contributed by atoms with E-state index in [0.29, 0.717) is 6.54 Å². The Morgan fingerprint density at radius 1 is 1.35 bits per heavy atom. The fourth-order valence-corrected chi connectivity index (χ4v) is 1.93. The van der Waals surface area contributed by atoms with E-state index in [0.717, 1.165) is 0 Å². The van der Waals surface area contributed by atoms with Crippen molar-refractivity contribution in [2.45, 2.75) is 46.3 Å². The quantitative estimate of drug-likeness (QED) is 0.805. The Hall–Kier alpha value is -1.26. The van der Waals surface area contributed by atoms with Crippen LogP contribution in [0.25, 0.3) is 0 Å². The molecule has 0 spiro atoms. The minimum Gasteiger partial charge on any atom is -0.480 e. The predicted molar refractivity (Wildman–Crippen MR) is 62.7 cm³/mol. The number of nitrogens with zero attached hydrogens (tertiary/aromatic N) is 1. The summed E-state index contributed by atoms with van der Waals surface area (Å²) in [6, 6.07) is -0.746. The number of ether oxygens (including phenoxy) is 1. The summed E-state index contributed by atoms with van der Waals surface area (Å²) in [5.41, 5.74) is -0.594. The van der Waals surface area contributed by atoms with Gasteiger partial charge in [-0.15, -0.1) is 0 Å². The van der Waals surface area contributed by atoms with E-state index in [1.807, 2.05) is 13.8 Å². The van der Waals surface area contributed by atoms with Gasteiger partial charge in [0.25, 0.3) is 0 Å². The topological polar surface area (TPSA) is 66.8 Å². The second kappa shape index (κ2) is 4.55. The Bertz CT molecular complexity index is 319. The van der Waals surface area contributed by atoms with Gasteiger partial charge < -0.3 is 9.84 Å². The van der Waals surface area contributed by atoms with Gasteiger partial charge in [-0.1, -0.05) is 13.8 Å². The molecule has 2 atom stereocenters. The number of carbonyl (C=O) groups excluding carboxylic acids is 1. The van der Waals surface area contributed by atoms with E-state index in [4.69, 9.17) is 9.84 Å². The Morgan fingerprint density at radius 3 is 2.24 bits per heavy atom. The van der Waals surface area contributed by atoms with Crippen LogP contribution in [0.1, 0.15) is 34.6 Å². The van der Waals surface area contributed by atoms with Gasteiger partial charge in [0.1, 0.15) is 11.6 Å². The first kappa shape index (κ1) is 13.8. The molecule has 0 aromatic heterocycles. The number of carboxylic acid groups (broad SMARTS) is 1. The van der Waals surface area contributed by atoms with Crippen LogP contribution in [0.3, 0.4) is 0 Å². The van der Waals surface area contributed by atoms with E-state index in [2.05, 4.69) is 0 Å². The van der Waals surface area contributed by atoms with Gasteiger partial charge >= 0.3 is 12.1 Å². The lowest BCUT2D eigenvalue weighted by atomic mass is 9.80.